The Labute approximate surface area is 115 Å². The number of nitrogens with one attached hydrogen (secondary N) is 1. The normalized spacial score (nSPS) is 17.8. The minimum Gasteiger partial charge on any atom is -0.480 e. The number of carboxylic acid groups (broad SMARTS) is 1. The predicted molar refractivity (Wildman–Crippen MR) is 71.4 cm³/mol. The van der Waals surface area contributed by atoms with Crippen molar-refractivity contribution in [1.82, 2.24) is 15.0 Å². The molecule has 0 aliphatic carbocycles. The number of rotatable bonds is 3. The first-order valence-electron chi connectivity index (χ1n) is 6.37. The van der Waals surface area contributed by atoms with Crippen molar-refractivity contribution in [2.75, 3.05) is 18.5 Å². The van der Waals surface area contributed by atoms with Crippen molar-refractivity contribution in [2.24, 2.45) is 0 Å². The van der Waals surface area contributed by atoms with Gasteiger partial charge in [-0.15, -0.1) is 0 Å². The summed E-state index contributed by atoms with van der Waals surface area (Å²) >= 11 is 0. The summed E-state index contributed by atoms with van der Waals surface area (Å²) in [6, 6.07) is 3.49. The summed E-state index contributed by atoms with van der Waals surface area (Å²) in [5, 5.41) is 12.5. The fourth-order valence-corrected chi connectivity index (χ4v) is 2.28. The highest BCUT2D eigenvalue weighted by Crippen LogP contribution is 2.26. The van der Waals surface area contributed by atoms with Gasteiger partial charge in [-0.05, 0) is 12.1 Å². The van der Waals surface area contributed by atoms with Crippen LogP contribution in [0.4, 0.5) is 5.82 Å². The monoisotopic (exact) mass is 274 g/mol. The van der Waals surface area contributed by atoms with Crippen molar-refractivity contribution in [3.05, 3.63) is 24.5 Å². The van der Waals surface area contributed by atoms with Crippen molar-refractivity contribution in [3.63, 3.8) is 0 Å². The molecule has 0 saturated carbocycles. The SMILES string of the molecule is O=C(O)C1(Nc2ccc3nccnc3n2)CCOCC1. The third-order valence-electron chi connectivity index (χ3n) is 3.45. The molecule has 1 saturated heterocycles. The second-order valence-electron chi connectivity index (χ2n) is 4.72. The van der Waals surface area contributed by atoms with Crippen LogP contribution in [0, 0.1) is 0 Å². The van der Waals surface area contributed by atoms with Gasteiger partial charge in [0.05, 0.1) is 0 Å². The molecule has 104 valence electrons. The van der Waals surface area contributed by atoms with Crippen LogP contribution in [0.25, 0.3) is 11.2 Å². The third kappa shape index (κ3) is 2.27. The van der Waals surface area contributed by atoms with Crippen LogP contribution in [-0.2, 0) is 9.53 Å². The lowest BCUT2D eigenvalue weighted by atomic mass is 9.90. The molecule has 2 aromatic rings. The van der Waals surface area contributed by atoms with Crippen LogP contribution >= 0.6 is 0 Å². The number of anilines is 1. The topological polar surface area (TPSA) is 97.2 Å². The zero-order valence-corrected chi connectivity index (χ0v) is 10.7. The van der Waals surface area contributed by atoms with Gasteiger partial charge in [-0.3, -0.25) is 4.98 Å². The van der Waals surface area contributed by atoms with E-state index in [1.807, 2.05) is 0 Å². The molecule has 2 N–H and O–H groups in total. The first kappa shape index (κ1) is 12.7. The Morgan fingerprint density at radius 3 is 2.75 bits per heavy atom. The predicted octanol–water partition coefficient (Wildman–Crippen LogP) is 1.07. The minimum absolute atomic E-state index is 0.405. The zero-order valence-electron chi connectivity index (χ0n) is 10.7. The van der Waals surface area contributed by atoms with Gasteiger partial charge in [0.15, 0.2) is 5.65 Å². The maximum Gasteiger partial charge on any atom is 0.329 e. The van der Waals surface area contributed by atoms with Crippen molar-refractivity contribution in [3.8, 4) is 0 Å². The molecule has 0 atom stereocenters. The average molecular weight is 274 g/mol. The lowest BCUT2D eigenvalue weighted by Crippen LogP contribution is -2.50. The zero-order chi connectivity index (χ0) is 14.0. The summed E-state index contributed by atoms with van der Waals surface area (Å²) in [4.78, 5) is 24.1. The molecule has 0 aromatic carbocycles. The fourth-order valence-electron chi connectivity index (χ4n) is 2.28. The van der Waals surface area contributed by atoms with E-state index in [1.165, 1.54) is 0 Å². The Morgan fingerprint density at radius 1 is 1.25 bits per heavy atom. The van der Waals surface area contributed by atoms with Crippen molar-refractivity contribution < 1.29 is 14.6 Å². The minimum atomic E-state index is -1.03. The molecule has 3 heterocycles. The van der Waals surface area contributed by atoms with Crippen molar-refractivity contribution in [2.45, 2.75) is 18.4 Å². The van der Waals surface area contributed by atoms with Crippen molar-refractivity contribution >= 4 is 23.0 Å². The summed E-state index contributed by atoms with van der Waals surface area (Å²) in [6.45, 7) is 0.847. The first-order valence-corrected chi connectivity index (χ1v) is 6.37. The van der Waals surface area contributed by atoms with Gasteiger partial charge < -0.3 is 15.2 Å². The Kier molecular flexibility index (Phi) is 3.19. The second-order valence-corrected chi connectivity index (χ2v) is 4.72. The smallest absolute Gasteiger partial charge is 0.329 e. The largest absolute Gasteiger partial charge is 0.480 e. The maximum atomic E-state index is 11.6. The molecule has 20 heavy (non-hydrogen) atoms. The molecular formula is C13H14N4O3. The highest BCUT2D eigenvalue weighted by atomic mass is 16.5. The van der Waals surface area contributed by atoms with Gasteiger partial charge >= 0.3 is 5.97 Å². The van der Waals surface area contributed by atoms with E-state index < -0.39 is 11.5 Å². The summed E-state index contributed by atoms with van der Waals surface area (Å²) in [5.74, 6) is -0.399. The van der Waals surface area contributed by atoms with Gasteiger partial charge in [0, 0.05) is 38.4 Å². The van der Waals surface area contributed by atoms with E-state index in [9.17, 15) is 9.90 Å². The second kappa shape index (κ2) is 5.01. The highest BCUT2D eigenvalue weighted by Gasteiger charge is 2.40. The molecule has 1 aliphatic rings. The molecule has 1 aliphatic heterocycles. The number of aliphatic carboxylic acids is 1. The van der Waals surface area contributed by atoms with Gasteiger partial charge in [0.25, 0.3) is 0 Å². The number of carbonyl (C=O) groups is 1. The first-order chi connectivity index (χ1) is 9.70. The average Bonchev–Trinajstić information content (AvgIpc) is 2.48. The van der Waals surface area contributed by atoms with Crippen LogP contribution in [0.5, 0.6) is 0 Å². The number of carboxylic acids is 1. The molecule has 0 amide bonds. The van der Waals surface area contributed by atoms with Gasteiger partial charge in [-0.1, -0.05) is 0 Å². The van der Waals surface area contributed by atoms with Crippen LogP contribution < -0.4 is 5.32 Å². The Morgan fingerprint density at radius 2 is 2.00 bits per heavy atom. The molecule has 7 heteroatoms. The molecule has 7 nitrogen and oxygen atoms in total. The molecule has 0 spiro atoms. The number of pyridine rings is 1. The number of hydrogen-bond acceptors (Lipinski definition) is 6. The number of hydrogen-bond donors (Lipinski definition) is 2. The molecule has 0 bridgehead atoms. The van der Waals surface area contributed by atoms with Crippen LogP contribution in [0.1, 0.15) is 12.8 Å². The quantitative estimate of drug-likeness (QED) is 0.863. The maximum absolute atomic E-state index is 11.6. The number of nitrogens with zero attached hydrogens (tertiary/aromatic N) is 3. The van der Waals surface area contributed by atoms with Gasteiger partial charge in [-0.2, -0.15) is 0 Å². The highest BCUT2D eigenvalue weighted by molar-refractivity contribution is 5.83. The number of aromatic nitrogens is 3. The molecule has 0 unspecified atom stereocenters. The Balaban J connectivity index is 1.92. The summed E-state index contributed by atoms with van der Waals surface area (Å²) in [7, 11) is 0. The molecule has 1 fully saturated rings. The summed E-state index contributed by atoms with van der Waals surface area (Å²) in [6.07, 6.45) is 3.96. The van der Waals surface area contributed by atoms with Crippen molar-refractivity contribution in [1.29, 1.82) is 0 Å². The number of ether oxygens (including phenoxy) is 1. The van der Waals surface area contributed by atoms with Crippen LogP contribution in [-0.4, -0.2) is 44.8 Å². The van der Waals surface area contributed by atoms with Crippen LogP contribution in [0.15, 0.2) is 24.5 Å². The van der Waals surface area contributed by atoms with E-state index in [1.54, 1.807) is 24.5 Å². The number of fused-ring (bicyclic) bond motifs is 1. The van der Waals surface area contributed by atoms with E-state index in [4.69, 9.17) is 4.74 Å². The summed E-state index contributed by atoms with van der Waals surface area (Å²) in [5.41, 5.74) is 0.140. The van der Waals surface area contributed by atoms with E-state index in [-0.39, 0.29) is 0 Å². The summed E-state index contributed by atoms with van der Waals surface area (Å²) < 4.78 is 5.24. The fraction of sp³-hybridized carbons (Fsp3) is 0.385. The Bertz CT molecular complexity index is 640. The van der Waals surface area contributed by atoms with E-state index >= 15 is 0 Å². The lowest BCUT2D eigenvalue weighted by Gasteiger charge is -2.34. The van der Waals surface area contributed by atoms with Crippen LogP contribution in [0.2, 0.25) is 0 Å². The standard InChI is InChI=1S/C13H14N4O3/c18-12(19)13(3-7-20-8-4-13)17-10-2-1-9-11(16-10)15-6-5-14-9/h1-2,5-6H,3-4,7-8H2,(H,18,19)(H,15,16,17). The lowest BCUT2D eigenvalue weighted by molar-refractivity contribution is -0.145. The van der Waals surface area contributed by atoms with Crippen LogP contribution in [0.3, 0.4) is 0 Å². The van der Waals surface area contributed by atoms with Gasteiger partial charge in [-0.25, -0.2) is 14.8 Å². The Hall–Kier alpha value is -2.28. The van der Waals surface area contributed by atoms with E-state index in [2.05, 4.69) is 20.3 Å². The van der Waals surface area contributed by atoms with Gasteiger partial charge in [0.2, 0.25) is 0 Å². The molecule has 2 aromatic heterocycles. The molecular weight excluding hydrogens is 260 g/mol. The van der Waals surface area contributed by atoms with Gasteiger partial charge in [0.1, 0.15) is 16.9 Å². The van der Waals surface area contributed by atoms with E-state index in [0.717, 1.165) is 0 Å². The molecule has 3 rings (SSSR count). The molecule has 0 radical (unpaired) electrons. The third-order valence-corrected chi connectivity index (χ3v) is 3.45. The van der Waals surface area contributed by atoms with E-state index in [0.29, 0.717) is 43.0 Å².